The second kappa shape index (κ2) is 4.29. The summed E-state index contributed by atoms with van der Waals surface area (Å²) < 4.78 is 25.9. The van der Waals surface area contributed by atoms with Crippen LogP contribution in [0.15, 0.2) is 35.6 Å². The van der Waals surface area contributed by atoms with Crippen LogP contribution in [0.3, 0.4) is 0 Å². The van der Waals surface area contributed by atoms with Crippen molar-refractivity contribution in [3.63, 3.8) is 0 Å². The van der Waals surface area contributed by atoms with Crippen molar-refractivity contribution in [2.24, 2.45) is 0 Å². The van der Waals surface area contributed by atoms with Crippen LogP contribution in [0, 0.1) is 0 Å². The summed E-state index contributed by atoms with van der Waals surface area (Å²) in [4.78, 5) is 7.10. The molecule has 0 spiro atoms. The highest BCUT2D eigenvalue weighted by Crippen LogP contribution is 2.11. The summed E-state index contributed by atoms with van der Waals surface area (Å²) in [5.41, 5.74) is 5.26. The van der Waals surface area contributed by atoms with E-state index in [1.807, 2.05) is 0 Å². The molecular weight excluding hydrogens is 244 g/mol. The normalized spacial score (nSPS) is 11.1. The summed E-state index contributed by atoms with van der Waals surface area (Å²) in [6.45, 7) is 0. The number of nitrogen functional groups attached to an aromatic ring is 1. The number of hydrogen-bond donors (Lipinski definition) is 2. The molecule has 8 nitrogen and oxygen atoms in total. The number of aromatic nitrogens is 4. The molecule has 2 heterocycles. The number of nitrogens with one attached hydrogen (secondary N) is 1. The molecule has 0 aliphatic heterocycles. The summed E-state index contributed by atoms with van der Waals surface area (Å²) in [5, 5.41) is 7.15. The van der Waals surface area contributed by atoms with Gasteiger partial charge in [-0.2, -0.15) is 5.10 Å². The Morgan fingerprint density at radius 3 is 2.53 bits per heavy atom. The van der Waals surface area contributed by atoms with E-state index in [4.69, 9.17) is 5.73 Å². The highest BCUT2D eigenvalue weighted by Gasteiger charge is 2.15. The maximum atomic E-state index is 11.8. The molecule has 17 heavy (non-hydrogen) atoms. The van der Waals surface area contributed by atoms with Gasteiger partial charge in [0, 0.05) is 6.20 Å². The second-order valence-corrected chi connectivity index (χ2v) is 4.67. The fourth-order valence-electron chi connectivity index (χ4n) is 1.02. The zero-order chi connectivity index (χ0) is 12.3. The Hall–Kier alpha value is -2.29. The van der Waals surface area contributed by atoms with Crippen molar-refractivity contribution < 1.29 is 8.42 Å². The quantitative estimate of drug-likeness (QED) is 0.764. The minimum atomic E-state index is -3.76. The van der Waals surface area contributed by atoms with E-state index in [1.54, 1.807) is 6.07 Å². The highest BCUT2D eigenvalue weighted by atomic mass is 32.2. The molecule has 0 aromatic carbocycles. The minimum absolute atomic E-state index is 0.00320. The molecular formula is C8H8N6O2S. The predicted molar refractivity (Wildman–Crippen MR) is 59.3 cm³/mol. The van der Waals surface area contributed by atoms with Crippen molar-refractivity contribution in [3.05, 3.63) is 30.7 Å². The van der Waals surface area contributed by atoms with Gasteiger partial charge in [-0.3, -0.25) is 4.72 Å². The lowest BCUT2D eigenvalue weighted by molar-refractivity contribution is 0.600. The average Bonchev–Trinajstić information content (AvgIpc) is 2.30. The fraction of sp³-hybridized carbons (Fsp3) is 0. The number of nitrogens with two attached hydrogens (primary N) is 1. The van der Waals surface area contributed by atoms with Crippen LogP contribution in [-0.2, 0) is 10.0 Å². The van der Waals surface area contributed by atoms with Crippen LogP contribution in [0.2, 0.25) is 0 Å². The van der Waals surface area contributed by atoms with E-state index in [9.17, 15) is 8.42 Å². The van der Waals surface area contributed by atoms with E-state index in [-0.39, 0.29) is 16.7 Å². The monoisotopic (exact) mass is 252 g/mol. The Balaban J connectivity index is 2.29. The molecule has 2 rings (SSSR count). The van der Waals surface area contributed by atoms with Gasteiger partial charge in [0.15, 0.2) is 5.82 Å². The highest BCUT2D eigenvalue weighted by molar-refractivity contribution is 7.92. The summed E-state index contributed by atoms with van der Waals surface area (Å²) in [5.74, 6) is 0.118. The lowest BCUT2D eigenvalue weighted by atomic mass is 10.6. The molecule has 0 fully saturated rings. The van der Waals surface area contributed by atoms with Crippen molar-refractivity contribution in [2.75, 3.05) is 10.5 Å². The van der Waals surface area contributed by atoms with Gasteiger partial charge in [-0.25, -0.2) is 18.4 Å². The van der Waals surface area contributed by atoms with Gasteiger partial charge in [0.1, 0.15) is 4.90 Å². The molecule has 0 aliphatic rings. The van der Waals surface area contributed by atoms with Gasteiger partial charge >= 0.3 is 0 Å². The first kappa shape index (κ1) is 11.2. The molecule has 0 aliphatic carbocycles. The Morgan fingerprint density at radius 1 is 1.24 bits per heavy atom. The van der Waals surface area contributed by atoms with Crippen LogP contribution in [0.25, 0.3) is 0 Å². The van der Waals surface area contributed by atoms with Crippen LogP contribution in [0.1, 0.15) is 0 Å². The standard InChI is InChI=1S/C8H8N6O2S/c9-8-10-4-6(5-11-8)17(15,16)14-7-2-1-3-12-13-7/h1-5H,(H,13,14)(H2,9,10,11). The van der Waals surface area contributed by atoms with E-state index >= 15 is 0 Å². The van der Waals surface area contributed by atoms with Crippen LogP contribution < -0.4 is 10.5 Å². The lowest BCUT2D eigenvalue weighted by Gasteiger charge is -2.05. The third-order valence-electron chi connectivity index (χ3n) is 1.77. The van der Waals surface area contributed by atoms with Gasteiger partial charge in [-0.15, -0.1) is 5.10 Å². The average molecular weight is 252 g/mol. The first-order valence-electron chi connectivity index (χ1n) is 4.46. The molecule has 88 valence electrons. The van der Waals surface area contributed by atoms with Gasteiger partial charge in [0.25, 0.3) is 10.0 Å². The zero-order valence-electron chi connectivity index (χ0n) is 8.48. The van der Waals surface area contributed by atoms with Gasteiger partial charge in [0.05, 0.1) is 12.4 Å². The molecule has 0 bridgehead atoms. The van der Waals surface area contributed by atoms with Gasteiger partial charge < -0.3 is 5.73 Å². The largest absolute Gasteiger partial charge is 0.368 e. The number of sulfonamides is 1. The molecule has 0 saturated heterocycles. The molecule has 0 radical (unpaired) electrons. The third-order valence-corrected chi connectivity index (χ3v) is 3.08. The van der Waals surface area contributed by atoms with Crippen molar-refractivity contribution >= 4 is 21.8 Å². The molecule has 2 aromatic rings. The SMILES string of the molecule is Nc1ncc(S(=O)(=O)Nc2cccnn2)cn1. The Bertz CT molecular complexity index is 598. The summed E-state index contributed by atoms with van der Waals surface area (Å²) in [6, 6.07) is 3.03. The number of anilines is 2. The predicted octanol–water partition coefficient (Wildman–Crippen LogP) is -0.350. The van der Waals surface area contributed by atoms with E-state index in [0.717, 1.165) is 12.4 Å². The summed E-state index contributed by atoms with van der Waals surface area (Å²) >= 11 is 0. The Kier molecular flexibility index (Phi) is 2.83. The van der Waals surface area contributed by atoms with Crippen LogP contribution in [0.4, 0.5) is 11.8 Å². The second-order valence-electron chi connectivity index (χ2n) is 2.99. The number of hydrogen-bond acceptors (Lipinski definition) is 7. The lowest BCUT2D eigenvalue weighted by Crippen LogP contribution is -2.15. The van der Waals surface area contributed by atoms with Crippen molar-refractivity contribution in [1.82, 2.24) is 20.2 Å². The maximum Gasteiger partial charge on any atom is 0.266 e. The number of nitrogens with zero attached hydrogens (tertiary/aromatic N) is 4. The number of rotatable bonds is 3. The minimum Gasteiger partial charge on any atom is -0.368 e. The zero-order valence-corrected chi connectivity index (χ0v) is 9.29. The van der Waals surface area contributed by atoms with Crippen molar-refractivity contribution in [1.29, 1.82) is 0 Å². The molecule has 9 heteroatoms. The van der Waals surface area contributed by atoms with Gasteiger partial charge in [0.2, 0.25) is 5.95 Å². The Morgan fingerprint density at radius 2 is 1.94 bits per heavy atom. The van der Waals surface area contributed by atoms with Gasteiger partial charge in [-0.1, -0.05) is 0 Å². The molecule has 0 amide bonds. The molecule has 2 aromatic heterocycles. The van der Waals surface area contributed by atoms with Crippen LogP contribution in [0.5, 0.6) is 0 Å². The summed E-state index contributed by atoms with van der Waals surface area (Å²) in [6.07, 6.45) is 3.66. The first-order valence-corrected chi connectivity index (χ1v) is 5.94. The van der Waals surface area contributed by atoms with Gasteiger partial charge in [-0.05, 0) is 12.1 Å². The van der Waals surface area contributed by atoms with Crippen LogP contribution >= 0.6 is 0 Å². The van der Waals surface area contributed by atoms with Crippen molar-refractivity contribution in [2.45, 2.75) is 4.90 Å². The molecule has 0 unspecified atom stereocenters. The topological polar surface area (TPSA) is 124 Å². The van der Waals surface area contributed by atoms with E-state index < -0.39 is 10.0 Å². The fourth-order valence-corrected chi connectivity index (χ4v) is 1.90. The van der Waals surface area contributed by atoms with Crippen molar-refractivity contribution in [3.8, 4) is 0 Å². The molecule has 3 N–H and O–H groups in total. The molecule has 0 atom stereocenters. The Labute approximate surface area is 97.0 Å². The van der Waals surface area contributed by atoms with E-state index in [2.05, 4.69) is 24.9 Å². The first-order chi connectivity index (χ1) is 8.08. The van der Waals surface area contributed by atoms with E-state index in [0.29, 0.717) is 0 Å². The van der Waals surface area contributed by atoms with Crippen LogP contribution in [-0.4, -0.2) is 28.6 Å². The third kappa shape index (κ3) is 2.64. The smallest absolute Gasteiger partial charge is 0.266 e. The summed E-state index contributed by atoms with van der Waals surface area (Å²) in [7, 11) is -3.76. The van der Waals surface area contributed by atoms with E-state index in [1.165, 1.54) is 12.3 Å². The molecule has 0 saturated carbocycles. The maximum absolute atomic E-state index is 11.8.